The van der Waals surface area contributed by atoms with Gasteiger partial charge >= 0.3 is 23.9 Å². The van der Waals surface area contributed by atoms with Gasteiger partial charge in [0.25, 0.3) is 0 Å². The van der Waals surface area contributed by atoms with E-state index in [0.717, 1.165) is 52.4 Å². The molecule has 0 unspecified atom stereocenters. The van der Waals surface area contributed by atoms with Crippen LogP contribution in [-0.4, -0.2) is 150 Å². The summed E-state index contributed by atoms with van der Waals surface area (Å²) in [4.78, 5) is 55.3. The predicted octanol–water partition coefficient (Wildman–Crippen LogP) is 0.487. The number of rotatable bonds is 23. The highest BCUT2D eigenvalue weighted by atomic mass is 16.5. The minimum Gasteiger partial charge on any atom is -0.469 e. The first kappa shape index (κ1) is 35.7. The lowest BCUT2D eigenvalue weighted by molar-refractivity contribution is -0.142. The molecule has 0 aromatic carbocycles. The van der Waals surface area contributed by atoms with Crippen LogP contribution in [0.25, 0.3) is 0 Å². The smallest absolute Gasteiger partial charge is 0.306 e. The van der Waals surface area contributed by atoms with E-state index in [9.17, 15) is 19.2 Å². The van der Waals surface area contributed by atoms with Gasteiger partial charge in [0.15, 0.2) is 0 Å². The van der Waals surface area contributed by atoms with E-state index in [2.05, 4.69) is 33.4 Å². The molecule has 38 heavy (non-hydrogen) atoms. The quantitative estimate of drug-likeness (QED) is 0.131. The highest BCUT2D eigenvalue weighted by Crippen LogP contribution is 2.02. The van der Waals surface area contributed by atoms with Crippen LogP contribution in [0.15, 0.2) is 0 Å². The van der Waals surface area contributed by atoms with E-state index < -0.39 is 0 Å². The van der Waals surface area contributed by atoms with Crippen molar-refractivity contribution in [2.24, 2.45) is 0 Å². The number of likely N-dealkylation sites (N-methyl/N-ethyl adjacent to an activating group) is 2. The number of hydrogen-bond acceptors (Lipinski definition) is 12. The van der Waals surface area contributed by atoms with Gasteiger partial charge in [0.1, 0.15) is 0 Å². The molecule has 0 saturated carbocycles. The average molecular weight is 547 g/mol. The summed E-state index contributed by atoms with van der Waals surface area (Å²) >= 11 is 0. The van der Waals surface area contributed by atoms with Crippen molar-refractivity contribution in [3.05, 3.63) is 0 Å². The molecule has 0 aromatic rings. The average Bonchev–Trinajstić information content (AvgIpc) is 2.94. The Balaban J connectivity index is 4.80. The van der Waals surface area contributed by atoms with Crippen molar-refractivity contribution in [2.75, 3.05) is 107 Å². The van der Waals surface area contributed by atoms with Gasteiger partial charge in [0.2, 0.25) is 0 Å². The lowest BCUT2D eigenvalue weighted by Crippen LogP contribution is -2.43. The molecule has 0 aliphatic carbocycles. The summed E-state index contributed by atoms with van der Waals surface area (Å²) in [6.45, 7) is 12.9. The minimum absolute atomic E-state index is 0.272. The number of ether oxygens (including phenoxy) is 4. The van der Waals surface area contributed by atoms with Gasteiger partial charge in [-0.1, -0.05) is 13.8 Å². The molecule has 222 valence electrons. The van der Waals surface area contributed by atoms with E-state index in [1.807, 2.05) is 0 Å². The monoisotopic (exact) mass is 546 g/mol. The predicted molar refractivity (Wildman–Crippen MR) is 144 cm³/mol. The number of carbonyl (C=O) groups is 4. The minimum atomic E-state index is -0.272. The number of nitrogens with zero attached hydrogens (tertiary/aromatic N) is 4. The molecular weight excluding hydrogens is 496 g/mol. The van der Waals surface area contributed by atoms with Gasteiger partial charge in [-0.15, -0.1) is 0 Å². The molecule has 0 radical (unpaired) electrons. The number of esters is 4. The molecule has 0 bridgehead atoms. The first-order valence-corrected chi connectivity index (χ1v) is 13.4. The second kappa shape index (κ2) is 22.7. The Bertz CT molecular complexity index is 584. The van der Waals surface area contributed by atoms with Gasteiger partial charge < -0.3 is 38.5 Å². The third kappa shape index (κ3) is 18.1. The maximum atomic E-state index is 11.6. The van der Waals surface area contributed by atoms with Gasteiger partial charge in [0, 0.05) is 65.4 Å². The summed E-state index contributed by atoms with van der Waals surface area (Å²) in [5, 5.41) is 0. The fourth-order valence-corrected chi connectivity index (χ4v) is 3.78. The summed E-state index contributed by atoms with van der Waals surface area (Å²) in [6.07, 6.45) is 1.09. The maximum absolute atomic E-state index is 11.6. The summed E-state index contributed by atoms with van der Waals surface area (Å²) in [7, 11) is 5.49. The van der Waals surface area contributed by atoms with E-state index in [0.29, 0.717) is 26.2 Å². The van der Waals surface area contributed by atoms with Crippen LogP contribution in [0.1, 0.15) is 39.5 Å². The molecule has 0 spiro atoms. The SMILES string of the molecule is CCN(CCN(CC)CCN(CCC(=O)OC)CCC(=O)OC)CCN(CCC(=O)OC)CCC(=O)OC. The molecule has 12 heteroatoms. The van der Waals surface area contributed by atoms with Crippen LogP contribution in [0.2, 0.25) is 0 Å². The van der Waals surface area contributed by atoms with Crippen molar-refractivity contribution in [3.63, 3.8) is 0 Å². The summed E-state index contributed by atoms with van der Waals surface area (Å²) < 4.78 is 19.0. The molecular formula is C26H50N4O8. The van der Waals surface area contributed by atoms with Gasteiger partial charge in [0.05, 0.1) is 54.1 Å². The Hall–Kier alpha value is -2.28. The lowest BCUT2D eigenvalue weighted by atomic mass is 10.3. The van der Waals surface area contributed by atoms with Gasteiger partial charge in [-0.05, 0) is 13.1 Å². The van der Waals surface area contributed by atoms with E-state index >= 15 is 0 Å². The number of methoxy groups -OCH3 is 4. The van der Waals surface area contributed by atoms with Crippen molar-refractivity contribution in [1.82, 2.24) is 19.6 Å². The zero-order chi connectivity index (χ0) is 28.8. The largest absolute Gasteiger partial charge is 0.469 e. The third-order valence-electron chi connectivity index (χ3n) is 6.53. The zero-order valence-electron chi connectivity index (χ0n) is 24.4. The summed E-state index contributed by atoms with van der Waals surface area (Å²) in [5.74, 6) is -1.09. The second-order valence-corrected chi connectivity index (χ2v) is 8.86. The van der Waals surface area contributed by atoms with Crippen LogP contribution in [0.3, 0.4) is 0 Å². The number of carbonyl (C=O) groups excluding carboxylic acids is 4. The fraction of sp³-hybridized carbons (Fsp3) is 0.846. The first-order chi connectivity index (χ1) is 18.2. The molecule has 0 heterocycles. The van der Waals surface area contributed by atoms with Crippen LogP contribution in [0, 0.1) is 0 Å². The van der Waals surface area contributed by atoms with Crippen molar-refractivity contribution in [2.45, 2.75) is 39.5 Å². The molecule has 0 atom stereocenters. The molecule has 0 aliphatic heterocycles. The molecule has 12 nitrogen and oxygen atoms in total. The molecule has 0 rings (SSSR count). The fourth-order valence-electron chi connectivity index (χ4n) is 3.78. The molecule has 0 amide bonds. The van der Waals surface area contributed by atoms with Crippen LogP contribution in [0.4, 0.5) is 0 Å². The molecule has 0 fully saturated rings. The van der Waals surface area contributed by atoms with Crippen molar-refractivity contribution in [3.8, 4) is 0 Å². The number of hydrogen-bond donors (Lipinski definition) is 0. The van der Waals surface area contributed by atoms with Gasteiger partial charge in [-0.3, -0.25) is 19.2 Å². The lowest BCUT2D eigenvalue weighted by Gasteiger charge is -2.30. The van der Waals surface area contributed by atoms with E-state index in [1.54, 1.807) is 0 Å². The first-order valence-electron chi connectivity index (χ1n) is 13.4. The Morgan fingerprint density at radius 2 is 0.605 bits per heavy atom. The zero-order valence-corrected chi connectivity index (χ0v) is 24.4. The van der Waals surface area contributed by atoms with Crippen LogP contribution in [-0.2, 0) is 38.1 Å². The summed E-state index contributed by atoms with van der Waals surface area (Å²) in [6, 6.07) is 0. The Labute approximate surface area is 228 Å². The van der Waals surface area contributed by atoms with Crippen molar-refractivity contribution < 1.29 is 38.1 Å². The Morgan fingerprint density at radius 1 is 0.395 bits per heavy atom. The van der Waals surface area contributed by atoms with Gasteiger partial charge in [-0.2, -0.15) is 0 Å². The Morgan fingerprint density at radius 3 is 0.789 bits per heavy atom. The molecule has 0 aromatic heterocycles. The van der Waals surface area contributed by atoms with Crippen molar-refractivity contribution in [1.29, 1.82) is 0 Å². The van der Waals surface area contributed by atoms with Crippen LogP contribution < -0.4 is 0 Å². The molecule has 0 N–H and O–H groups in total. The molecule has 0 aliphatic rings. The van der Waals surface area contributed by atoms with E-state index in [1.165, 1.54) is 28.4 Å². The summed E-state index contributed by atoms with van der Waals surface area (Å²) in [5.41, 5.74) is 0. The highest BCUT2D eigenvalue weighted by Gasteiger charge is 2.15. The van der Waals surface area contributed by atoms with Crippen LogP contribution >= 0.6 is 0 Å². The highest BCUT2D eigenvalue weighted by molar-refractivity contribution is 5.70. The molecule has 0 saturated heterocycles. The normalized spacial score (nSPS) is 11.3. The van der Waals surface area contributed by atoms with E-state index in [-0.39, 0.29) is 49.6 Å². The standard InChI is InChI=1S/C26H50N4O8/c1-7-27(19-21-29(13-9-23(31)35-3)14-10-24(32)36-4)17-18-28(8-2)20-22-30(15-11-25(33)37-5)16-12-26(34)38-6/h7-22H2,1-6H3. The second-order valence-electron chi connectivity index (χ2n) is 8.86. The topological polar surface area (TPSA) is 118 Å². The van der Waals surface area contributed by atoms with Gasteiger partial charge in [-0.25, -0.2) is 0 Å². The van der Waals surface area contributed by atoms with E-state index in [4.69, 9.17) is 18.9 Å². The Kier molecular flexibility index (Phi) is 21.3. The van der Waals surface area contributed by atoms with Crippen molar-refractivity contribution >= 4 is 23.9 Å². The maximum Gasteiger partial charge on any atom is 0.306 e. The van der Waals surface area contributed by atoms with Crippen LogP contribution in [0.5, 0.6) is 0 Å². The third-order valence-corrected chi connectivity index (χ3v) is 6.53.